The molecular formula is C29H37N5O3. The first-order valence-electron chi connectivity index (χ1n) is 13.6. The molecule has 1 fully saturated rings. The minimum Gasteiger partial charge on any atom is -0.379 e. The SMILES string of the molecule is CC(C)OCCCN1C(=O)c2cnn(-c3ccccc3)c2-n2cccc2C1C(=O)NC1CCCCCC1. The largest absolute Gasteiger partial charge is 0.379 e. The Morgan fingerprint density at radius 3 is 2.57 bits per heavy atom. The minimum absolute atomic E-state index is 0.113. The molecule has 1 aliphatic carbocycles. The van der Waals surface area contributed by atoms with Gasteiger partial charge in [0.1, 0.15) is 5.56 Å². The topological polar surface area (TPSA) is 81.4 Å². The second-order valence-electron chi connectivity index (χ2n) is 10.3. The highest BCUT2D eigenvalue weighted by Crippen LogP contribution is 2.34. The van der Waals surface area contributed by atoms with Crippen molar-refractivity contribution in [2.45, 2.75) is 77.0 Å². The van der Waals surface area contributed by atoms with Crippen molar-refractivity contribution in [3.05, 3.63) is 66.1 Å². The summed E-state index contributed by atoms with van der Waals surface area (Å²) in [6.07, 6.45) is 10.9. The molecule has 0 bridgehead atoms. The maximum absolute atomic E-state index is 14.1. The Balaban J connectivity index is 1.53. The molecule has 0 spiro atoms. The number of hydrogen-bond acceptors (Lipinski definition) is 4. The predicted octanol–water partition coefficient (Wildman–Crippen LogP) is 4.81. The summed E-state index contributed by atoms with van der Waals surface area (Å²) in [6, 6.07) is 13.1. The smallest absolute Gasteiger partial charge is 0.260 e. The number of amides is 2. The number of nitrogens with one attached hydrogen (secondary N) is 1. The number of hydrogen-bond donors (Lipinski definition) is 1. The Morgan fingerprint density at radius 1 is 1.08 bits per heavy atom. The summed E-state index contributed by atoms with van der Waals surface area (Å²) in [6.45, 7) is 4.93. The van der Waals surface area contributed by atoms with Crippen LogP contribution < -0.4 is 5.32 Å². The van der Waals surface area contributed by atoms with Gasteiger partial charge in [0.25, 0.3) is 5.91 Å². The van der Waals surface area contributed by atoms with Crippen molar-refractivity contribution in [1.29, 1.82) is 0 Å². The van der Waals surface area contributed by atoms with Gasteiger partial charge in [0, 0.05) is 25.4 Å². The van der Waals surface area contributed by atoms with Crippen molar-refractivity contribution >= 4 is 11.8 Å². The average Bonchev–Trinajstić information content (AvgIpc) is 3.44. The predicted molar refractivity (Wildman–Crippen MR) is 142 cm³/mol. The monoisotopic (exact) mass is 503 g/mol. The van der Waals surface area contributed by atoms with Gasteiger partial charge in [-0.1, -0.05) is 43.9 Å². The van der Waals surface area contributed by atoms with Crippen LogP contribution in [-0.2, 0) is 9.53 Å². The van der Waals surface area contributed by atoms with Crippen LogP contribution in [0, 0.1) is 0 Å². The fraction of sp³-hybridized carbons (Fsp3) is 0.483. The van der Waals surface area contributed by atoms with Crippen LogP contribution in [0.5, 0.6) is 0 Å². The van der Waals surface area contributed by atoms with E-state index in [2.05, 4.69) is 10.4 Å². The summed E-state index contributed by atoms with van der Waals surface area (Å²) >= 11 is 0. The van der Waals surface area contributed by atoms with Gasteiger partial charge >= 0.3 is 0 Å². The van der Waals surface area contributed by atoms with E-state index in [0.29, 0.717) is 31.0 Å². The molecule has 1 aromatic carbocycles. The third kappa shape index (κ3) is 5.34. The van der Waals surface area contributed by atoms with Crippen LogP contribution in [0.15, 0.2) is 54.9 Å². The summed E-state index contributed by atoms with van der Waals surface area (Å²) in [5, 5.41) is 7.90. The zero-order valence-corrected chi connectivity index (χ0v) is 21.8. The van der Waals surface area contributed by atoms with Crippen molar-refractivity contribution < 1.29 is 14.3 Å². The minimum atomic E-state index is -0.735. The number of rotatable bonds is 8. The van der Waals surface area contributed by atoms with Gasteiger partial charge in [0.15, 0.2) is 11.9 Å². The molecule has 1 unspecified atom stereocenters. The lowest BCUT2D eigenvalue weighted by atomic mass is 10.1. The van der Waals surface area contributed by atoms with Crippen molar-refractivity contribution in [1.82, 2.24) is 24.6 Å². The Bertz CT molecular complexity index is 1210. The summed E-state index contributed by atoms with van der Waals surface area (Å²) in [5.41, 5.74) is 2.10. The van der Waals surface area contributed by atoms with Crippen LogP contribution in [0.4, 0.5) is 0 Å². The second-order valence-corrected chi connectivity index (χ2v) is 10.3. The van der Waals surface area contributed by atoms with E-state index < -0.39 is 6.04 Å². The first-order valence-corrected chi connectivity index (χ1v) is 13.6. The number of aromatic nitrogens is 3. The molecule has 8 nitrogen and oxygen atoms in total. The Hall–Kier alpha value is -3.39. The second kappa shape index (κ2) is 11.3. The number of ether oxygens (including phenoxy) is 1. The van der Waals surface area contributed by atoms with Crippen LogP contribution in [0.2, 0.25) is 0 Å². The van der Waals surface area contributed by atoms with E-state index in [-0.39, 0.29) is 24.0 Å². The molecule has 1 N–H and O–H groups in total. The Kier molecular flexibility index (Phi) is 7.74. The van der Waals surface area contributed by atoms with Gasteiger partial charge in [-0.25, -0.2) is 4.68 Å². The Morgan fingerprint density at radius 2 is 1.84 bits per heavy atom. The number of fused-ring (bicyclic) bond motifs is 3. The molecule has 8 heteroatoms. The molecule has 5 rings (SSSR count). The van der Waals surface area contributed by atoms with Gasteiger partial charge in [-0.05, 0) is 57.4 Å². The highest BCUT2D eigenvalue weighted by atomic mass is 16.5. The van der Waals surface area contributed by atoms with Gasteiger partial charge in [-0.2, -0.15) is 5.10 Å². The molecule has 2 aliphatic rings. The van der Waals surface area contributed by atoms with Crippen LogP contribution in [0.25, 0.3) is 11.5 Å². The van der Waals surface area contributed by atoms with Gasteiger partial charge < -0.3 is 19.5 Å². The molecule has 1 saturated carbocycles. The van der Waals surface area contributed by atoms with Crippen molar-refractivity contribution in [2.75, 3.05) is 13.2 Å². The summed E-state index contributed by atoms with van der Waals surface area (Å²) < 4.78 is 9.49. The van der Waals surface area contributed by atoms with Gasteiger partial charge in [0.05, 0.1) is 23.7 Å². The molecule has 0 saturated heterocycles. The lowest BCUT2D eigenvalue weighted by molar-refractivity contribution is -0.127. The van der Waals surface area contributed by atoms with E-state index in [9.17, 15) is 9.59 Å². The normalized spacial score (nSPS) is 18.3. The zero-order valence-electron chi connectivity index (χ0n) is 21.8. The highest BCUT2D eigenvalue weighted by Gasteiger charge is 2.40. The molecule has 2 aromatic heterocycles. The fourth-order valence-electron chi connectivity index (χ4n) is 5.49. The van der Waals surface area contributed by atoms with E-state index in [1.807, 2.05) is 67.1 Å². The summed E-state index contributed by atoms with van der Waals surface area (Å²) in [7, 11) is 0. The fourth-order valence-corrected chi connectivity index (χ4v) is 5.49. The maximum Gasteiger partial charge on any atom is 0.260 e. The highest BCUT2D eigenvalue weighted by molar-refractivity contribution is 6.01. The average molecular weight is 504 g/mol. The van der Waals surface area contributed by atoms with Crippen molar-refractivity contribution in [3.63, 3.8) is 0 Å². The van der Waals surface area contributed by atoms with Crippen LogP contribution in [0.1, 0.15) is 80.9 Å². The quantitative estimate of drug-likeness (QED) is 0.353. The lowest BCUT2D eigenvalue weighted by Crippen LogP contribution is -2.46. The molecule has 196 valence electrons. The third-order valence-electron chi connectivity index (χ3n) is 7.28. The van der Waals surface area contributed by atoms with E-state index in [1.165, 1.54) is 12.8 Å². The van der Waals surface area contributed by atoms with Crippen LogP contribution in [-0.4, -0.2) is 56.4 Å². The molecule has 37 heavy (non-hydrogen) atoms. The molecule has 0 radical (unpaired) electrons. The molecule has 3 aromatic rings. The number of para-hydroxylation sites is 1. The lowest BCUT2D eigenvalue weighted by Gasteiger charge is -2.31. The molecule has 3 heterocycles. The van der Waals surface area contributed by atoms with E-state index in [1.54, 1.807) is 15.8 Å². The van der Waals surface area contributed by atoms with Gasteiger partial charge in [-0.3, -0.25) is 9.59 Å². The van der Waals surface area contributed by atoms with Crippen LogP contribution in [0.3, 0.4) is 0 Å². The molecule has 1 atom stereocenters. The third-order valence-corrected chi connectivity index (χ3v) is 7.28. The number of carbonyl (C=O) groups excluding carboxylic acids is 2. The number of benzene rings is 1. The standard InChI is InChI=1S/C29H37N5O3/c1-21(2)37-19-11-18-33-26(27(35)31-22-12-6-3-4-7-13-22)25-16-10-17-32(25)28-24(29(33)36)20-30-34(28)23-14-8-5-9-15-23/h5,8-10,14-17,20-22,26H,3-4,6-7,11-13,18-19H2,1-2H3,(H,31,35). The van der Waals surface area contributed by atoms with Gasteiger partial charge in [0.2, 0.25) is 5.91 Å². The number of carbonyl (C=O) groups is 2. The molecule has 2 amide bonds. The zero-order chi connectivity index (χ0) is 25.8. The van der Waals surface area contributed by atoms with E-state index in [0.717, 1.165) is 37.1 Å². The summed E-state index contributed by atoms with van der Waals surface area (Å²) in [4.78, 5) is 29.7. The van der Waals surface area contributed by atoms with Crippen molar-refractivity contribution in [3.8, 4) is 11.5 Å². The van der Waals surface area contributed by atoms with E-state index >= 15 is 0 Å². The molecular weight excluding hydrogens is 466 g/mol. The Labute approximate surface area is 218 Å². The van der Waals surface area contributed by atoms with E-state index in [4.69, 9.17) is 4.74 Å². The molecule has 1 aliphatic heterocycles. The summed E-state index contributed by atoms with van der Waals surface area (Å²) in [5.74, 6) is 0.352. The first-order chi connectivity index (χ1) is 18.0. The van der Waals surface area contributed by atoms with Crippen molar-refractivity contribution in [2.24, 2.45) is 0 Å². The number of nitrogens with zero attached hydrogens (tertiary/aromatic N) is 4. The van der Waals surface area contributed by atoms with Gasteiger partial charge in [-0.15, -0.1) is 0 Å². The maximum atomic E-state index is 14.1. The van der Waals surface area contributed by atoms with Crippen LogP contribution >= 0.6 is 0 Å². The first kappa shape index (κ1) is 25.3.